The Morgan fingerprint density at radius 2 is 2.24 bits per heavy atom. The van der Waals surface area contributed by atoms with Gasteiger partial charge >= 0.3 is 0 Å². The quantitative estimate of drug-likeness (QED) is 0.420. The van der Waals surface area contributed by atoms with Crippen LogP contribution in [0.15, 0.2) is 17.4 Å². The maximum absolute atomic E-state index is 5.93. The first-order valence-corrected chi connectivity index (χ1v) is 9.01. The van der Waals surface area contributed by atoms with Crippen molar-refractivity contribution in [2.45, 2.75) is 38.4 Å². The number of hydrogen-bond acceptors (Lipinski definition) is 4. The lowest BCUT2D eigenvalue weighted by Gasteiger charge is -2.35. The normalized spacial score (nSPS) is 24.7. The van der Waals surface area contributed by atoms with E-state index in [9.17, 15) is 0 Å². The Bertz CT molecular complexity index is 545. The summed E-state index contributed by atoms with van der Waals surface area (Å²) in [7, 11) is 1.93. The fourth-order valence-corrected chi connectivity index (χ4v) is 3.22. The van der Waals surface area contributed by atoms with Gasteiger partial charge in [-0.3, -0.25) is 9.67 Å². The highest BCUT2D eigenvalue weighted by Gasteiger charge is 2.25. The van der Waals surface area contributed by atoms with Crippen LogP contribution in [0.4, 0.5) is 0 Å². The van der Waals surface area contributed by atoms with Crippen molar-refractivity contribution in [2.75, 3.05) is 39.4 Å². The first kappa shape index (κ1) is 20.4. The summed E-state index contributed by atoms with van der Waals surface area (Å²) in [5, 5.41) is 7.66. The van der Waals surface area contributed by atoms with E-state index < -0.39 is 0 Å². The van der Waals surface area contributed by atoms with Crippen molar-refractivity contribution in [3.63, 3.8) is 0 Å². The predicted octanol–water partition coefficient (Wildman–Crippen LogP) is 1.95. The van der Waals surface area contributed by atoms with Gasteiger partial charge in [-0.1, -0.05) is 0 Å². The molecule has 0 saturated carbocycles. The zero-order chi connectivity index (χ0) is 16.8. The molecule has 3 heterocycles. The topological polar surface area (TPSA) is 63.9 Å². The number of morpholine rings is 1. The van der Waals surface area contributed by atoms with Crippen LogP contribution in [-0.4, -0.2) is 66.1 Å². The van der Waals surface area contributed by atoms with E-state index >= 15 is 0 Å². The van der Waals surface area contributed by atoms with Crippen LogP contribution in [0.5, 0.6) is 0 Å². The maximum Gasteiger partial charge on any atom is 0.194 e. The predicted molar refractivity (Wildman–Crippen MR) is 108 cm³/mol. The van der Waals surface area contributed by atoms with E-state index in [1.807, 2.05) is 24.1 Å². The number of aryl methyl sites for hydroxylation is 1. The molecule has 2 aliphatic rings. The summed E-state index contributed by atoms with van der Waals surface area (Å²) in [4.78, 5) is 7.11. The average molecular weight is 463 g/mol. The van der Waals surface area contributed by atoms with Crippen LogP contribution in [0.25, 0.3) is 0 Å². The molecular formula is C17H30IN5O2. The van der Waals surface area contributed by atoms with E-state index in [0.29, 0.717) is 6.61 Å². The summed E-state index contributed by atoms with van der Waals surface area (Å²) >= 11 is 0. The highest BCUT2D eigenvalue weighted by atomic mass is 127. The number of nitrogens with one attached hydrogen (secondary N) is 1. The Morgan fingerprint density at radius 1 is 1.36 bits per heavy atom. The highest BCUT2D eigenvalue weighted by Crippen LogP contribution is 2.21. The van der Waals surface area contributed by atoms with E-state index in [-0.39, 0.29) is 36.2 Å². The Kier molecular flexibility index (Phi) is 8.44. The van der Waals surface area contributed by atoms with Crippen molar-refractivity contribution in [1.82, 2.24) is 20.0 Å². The number of halogens is 1. The largest absolute Gasteiger partial charge is 0.376 e. The fourth-order valence-electron chi connectivity index (χ4n) is 3.22. The minimum absolute atomic E-state index is 0. The van der Waals surface area contributed by atoms with Gasteiger partial charge in [0.1, 0.15) is 6.10 Å². The molecule has 1 aromatic heterocycles. The summed E-state index contributed by atoms with van der Waals surface area (Å²) in [6, 6.07) is 0. The molecular weight excluding hydrogens is 433 g/mol. The molecule has 0 aromatic carbocycles. The lowest BCUT2D eigenvalue weighted by Crippen LogP contribution is -2.48. The van der Waals surface area contributed by atoms with Gasteiger partial charge in [0.25, 0.3) is 0 Å². The average Bonchev–Trinajstić information content (AvgIpc) is 3.06. The van der Waals surface area contributed by atoms with E-state index in [2.05, 4.69) is 22.2 Å². The van der Waals surface area contributed by atoms with E-state index in [1.165, 1.54) is 12.8 Å². The van der Waals surface area contributed by atoms with Crippen LogP contribution >= 0.6 is 24.0 Å². The van der Waals surface area contributed by atoms with Gasteiger partial charge in [-0.25, -0.2) is 0 Å². The van der Waals surface area contributed by atoms with Crippen molar-refractivity contribution in [3.8, 4) is 0 Å². The van der Waals surface area contributed by atoms with E-state index in [4.69, 9.17) is 14.5 Å². The third kappa shape index (κ3) is 5.82. The Morgan fingerprint density at radius 3 is 2.92 bits per heavy atom. The van der Waals surface area contributed by atoms with Crippen LogP contribution in [-0.2, 0) is 16.5 Å². The molecule has 2 aliphatic heterocycles. The monoisotopic (exact) mass is 463 g/mol. The van der Waals surface area contributed by atoms with Crippen molar-refractivity contribution < 1.29 is 9.47 Å². The summed E-state index contributed by atoms with van der Waals surface area (Å²) in [5.41, 5.74) is 1.12. The van der Waals surface area contributed by atoms with Crippen LogP contribution in [0.3, 0.4) is 0 Å². The molecule has 2 saturated heterocycles. The molecule has 1 aromatic rings. The van der Waals surface area contributed by atoms with Crippen LogP contribution in [0.2, 0.25) is 0 Å². The van der Waals surface area contributed by atoms with Gasteiger partial charge in [0.2, 0.25) is 0 Å². The molecule has 2 fully saturated rings. The van der Waals surface area contributed by atoms with Crippen LogP contribution in [0.1, 0.15) is 37.9 Å². The zero-order valence-corrected chi connectivity index (χ0v) is 17.5. The van der Waals surface area contributed by atoms with Gasteiger partial charge in [0, 0.05) is 38.5 Å². The number of nitrogens with zero attached hydrogens (tertiary/aromatic N) is 4. The molecule has 7 nitrogen and oxygen atoms in total. The van der Waals surface area contributed by atoms with Crippen molar-refractivity contribution in [2.24, 2.45) is 12.0 Å². The summed E-state index contributed by atoms with van der Waals surface area (Å²) < 4.78 is 13.5. The number of aliphatic imine (C=N–C) groups is 1. The second kappa shape index (κ2) is 10.3. The third-order valence-corrected chi connectivity index (χ3v) is 4.52. The zero-order valence-electron chi connectivity index (χ0n) is 15.2. The number of guanidine groups is 1. The van der Waals surface area contributed by atoms with Crippen molar-refractivity contribution in [3.05, 3.63) is 18.0 Å². The van der Waals surface area contributed by atoms with E-state index in [0.717, 1.165) is 50.7 Å². The first-order valence-electron chi connectivity index (χ1n) is 9.01. The second-order valence-corrected chi connectivity index (χ2v) is 6.44. The van der Waals surface area contributed by atoms with Crippen molar-refractivity contribution >= 4 is 29.9 Å². The number of ether oxygens (including phenoxy) is 2. The van der Waals surface area contributed by atoms with Gasteiger partial charge in [-0.15, -0.1) is 24.0 Å². The molecule has 3 rings (SSSR count). The second-order valence-electron chi connectivity index (χ2n) is 6.44. The molecule has 0 amide bonds. The minimum atomic E-state index is 0. The Labute approximate surface area is 167 Å². The summed E-state index contributed by atoms with van der Waals surface area (Å²) in [6.45, 7) is 6.92. The Balaban J connectivity index is 0.00000225. The molecule has 0 radical (unpaired) electrons. The summed E-state index contributed by atoms with van der Waals surface area (Å²) in [5.74, 6) is 0.962. The SMILES string of the molecule is CCNC(=NCC1CCCCO1)N1CCOC(c2cnn(C)c2)C1.I. The van der Waals surface area contributed by atoms with Crippen LogP contribution in [0, 0.1) is 0 Å². The lowest BCUT2D eigenvalue weighted by atomic mass is 10.1. The van der Waals surface area contributed by atoms with Gasteiger partial charge in [-0.05, 0) is 26.2 Å². The number of hydrogen-bond donors (Lipinski definition) is 1. The molecule has 0 aliphatic carbocycles. The van der Waals surface area contributed by atoms with Gasteiger partial charge in [0.15, 0.2) is 5.96 Å². The van der Waals surface area contributed by atoms with Gasteiger partial charge in [-0.2, -0.15) is 5.10 Å². The standard InChI is InChI=1S/C17H29N5O2.HI/c1-3-18-17(19-11-15-6-4-5-8-23-15)22-7-9-24-16(13-22)14-10-20-21(2)12-14;/h10,12,15-16H,3-9,11,13H2,1-2H3,(H,18,19);1H. The molecule has 25 heavy (non-hydrogen) atoms. The lowest BCUT2D eigenvalue weighted by molar-refractivity contribution is -0.00846. The maximum atomic E-state index is 5.93. The first-order chi connectivity index (χ1) is 11.8. The van der Waals surface area contributed by atoms with Crippen molar-refractivity contribution in [1.29, 1.82) is 0 Å². The molecule has 0 bridgehead atoms. The molecule has 0 spiro atoms. The molecule has 8 heteroatoms. The summed E-state index contributed by atoms with van der Waals surface area (Å²) in [6.07, 6.45) is 7.75. The Hall–Kier alpha value is -0.870. The van der Waals surface area contributed by atoms with E-state index in [1.54, 1.807) is 0 Å². The number of aromatic nitrogens is 2. The third-order valence-electron chi connectivity index (χ3n) is 4.52. The molecule has 142 valence electrons. The highest BCUT2D eigenvalue weighted by molar-refractivity contribution is 14.0. The van der Waals surface area contributed by atoms with Crippen LogP contribution < -0.4 is 5.32 Å². The van der Waals surface area contributed by atoms with Gasteiger partial charge < -0.3 is 19.7 Å². The fraction of sp³-hybridized carbons (Fsp3) is 0.765. The minimum Gasteiger partial charge on any atom is -0.376 e. The molecule has 2 unspecified atom stereocenters. The van der Waals surface area contributed by atoms with Gasteiger partial charge in [0.05, 0.1) is 32.0 Å². The number of rotatable bonds is 4. The smallest absolute Gasteiger partial charge is 0.194 e. The molecule has 1 N–H and O–H groups in total. The molecule has 2 atom stereocenters.